The maximum absolute atomic E-state index is 12.0. The second-order valence-corrected chi connectivity index (χ2v) is 6.37. The van der Waals surface area contributed by atoms with Gasteiger partial charge in [0.2, 0.25) is 0 Å². The van der Waals surface area contributed by atoms with Crippen molar-refractivity contribution in [3.63, 3.8) is 0 Å². The van der Waals surface area contributed by atoms with Crippen LogP contribution < -0.4 is 5.32 Å². The molecular weight excluding hydrogens is 302 g/mol. The van der Waals surface area contributed by atoms with E-state index in [2.05, 4.69) is 11.9 Å². The van der Waals surface area contributed by atoms with E-state index in [-0.39, 0.29) is 19.1 Å². The smallest absolute Gasteiger partial charge is 0.408 e. The Labute approximate surface area is 137 Å². The predicted octanol–water partition coefficient (Wildman–Crippen LogP) is 2.20. The van der Waals surface area contributed by atoms with Gasteiger partial charge in [-0.1, -0.05) is 20.4 Å². The minimum atomic E-state index is -0.819. The molecule has 1 amide bonds. The van der Waals surface area contributed by atoms with Crippen molar-refractivity contribution in [1.29, 1.82) is 0 Å². The van der Waals surface area contributed by atoms with Gasteiger partial charge in [-0.2, -0.15) is 0 Å². The van der Waals surface area contributed by atoms with E-state index in [1.165, 1.54) is 0 Å². The first-order valence-electron chi connectivity index (χ1n) is 7.50. The molecule has 0 unspecified atom stereocenters. The summed E-state index contributed by atoms with van der Waals surface area (Å²) < 4.78 is 14.8. The number of carbonyl (C=O) groups is 3. The van der Waals surface area contributed by atoms with E-state index in [1.807, 2.05) is 13.8 Å². The van der Waals surface area contributed by atoms with Gasteiger partial charge < -0.3 is 19.5 Å². The minimum absolute atomic E-state index is 0.0720. The Morgan fingerprint density at radius 3 is 2.17 bits per heavy atom. The zero-order valence-corrected chi connectivity index (χ0v) is 14.5. The molecule has 0 spiro atoms. The van der Waals surface area contributed by atoms with Gasteiger partial charge in [-0.15, -0.1) is 0 Å². The van der Waals surface area contributed by atoms with Crippen LogP contribution in [0.2, 0.25) is 0 Å². The van der Waals surface area contributed by atoms with E-state index in [0.717, 1.165) is 6.08 Å². The maximum atomic E-state index is 12.0. The summed E-state index contributed by atoms with van der Waals surface area (Å²) in [4.78, 5) is 34.7. The fourth-order valence-corrected chi connectivity index (χ4v) is 1.58. The summed E-state index contributed by atoms with van der Waals surface area (Å²) in [7, 11) is 0. The van der Waals surface area contributed by atoms with Crippen molar-refractivity contribution in [2.24, 2.45) is 5.92 Å². The molecule has 0 aliphatic heterocycles. The Bertz CT molecular complexity index is 425. The standard InChI is InChI=1S/C16H27NO6/c1-7-13(18)21-8-9-22-14(19)12(10-11(2)3)17-15(20)23-16(4,5)6/h7,11-12H,1,8-10H2,2-6H3,(H,17,20)/t12-/m0/s1. The van der Waals surface area contributed by atoms with Crippen LogP contribution in [0.1, 0.15) is 41.0 Å². The number of hydrogen-bond donors (Lipinski definition) is 1. The summed E-state index contributed by atoms with van der Waals surface area (Å²) in [5.74, 6) is -1.02. The highest BCUT2D eigenvalue weighted by atomic mass is 16.6. The number of nitrogens with one attached hydrogen (secondary N) is 1. The fourth-order valence-electron chi connectivity index (χ4n) is 1.58. The summed E-state index contributed by atoms with van der Waals surface area (Å²) >= 11 is 0. The number of amides is 1. The molecule has 0 aromatic carbocycles. The third-order valence-electron chi connectivity index (χ3n) is 2.42. The molecule has 7 nitrogen and oxygen atoms in total. The highest BCUT2D eigenvalue weighted by Gasteiger charge is 2.26. The van der Waals surface area contributed by atoms with Gasteiger partial charge in [0.1, 0.15) is 24.9 Å². The first kappa shape index (κ1) is 20.9. The highest BCUT2D eigenvalue weighted by molar-refractivity contribution is 5.82. The average Bonchev–Trinajstić information content (AvgIpc) is 2.39. The predicted molar refractivity (Wildman–Crippen MR) is 84.7 cm³/mol. The summed E-state index contributed by atoms with van der Waals surface area (Å²) in [5.41, 5.74) is -0.657. The molecule has 1 N–H and O–H groups in total. The van der Waals surface area contributed by atoms with Crippen molar-refractivity contribution in [3.8, 4) is 0 Å². The van der Waals surface area contributed by atoms with Gasteiger partial charge in [0.05, 0.1) is 0 Å². The van der Waals surface area contributed by atoms with Crippen molar-refractivity contribution < 1.29 is 28.6 Å². The molecule has 7 heteroatoms. The van der Waals surface area contributed by atoms with Crippen LogP contribution in [-0.2, 0) is 23.8 Å². The molecule has 0 heterocycles. The van der Waals surface area contributed by atoms with E-state index in [9.17, 15) is 14.4 Å². The minimum Gasteiger partial charge on any atom is -0.461 e. The first-order valence-corrected chi connectivity index (χ1v) is 7.50. The van der Waals surface area contributed by atoms with Crippen LogP contribution in [0.25, 0.3) is 0 Å². The van der Waals surface area contributed by atoms with Crippen LogP contribution in [0.3, 0.4) is 0 Å². The number of hydrogen-bond acceptors (Lipinski definition) is 6. The SMILES string of the molecule is C=CC(=O)OCCOC(=O)[C@H](CC(C)C)NC(=O)OC(C)(C)C. The zero-order chi connectivity index (χ0) is 18.0. The number of carbonyl (C=O) groups excluding carboxylic acids is 3. The molecule has 0 radical (unpaired) electrons. The lowest BCUT2D eigenvalue weighted by atomic mass is 10.0. The van der Waals surface area contributed by atoms with Gasteiger partial charge in [0, 0.05) is 6.08 Å². The van der Waals surface area contributed by atoms with Crippen LogP contribution in [-0.4, -0.2) is 42.9 Å². The van der Waals surface area contributed by atoms with Crippen LogP contribution in [0.5, 0.6) is 0 Å². The van der Waals surface area contributed by atoms with Gasteiger partial charge in [-0.25, -0.2) is 14.4 Å². The summed E-state index contributed by atoms with van der Waals surface area (Å²) in [6.45, 7) is 12.1. The molecule has 0 rings (SSSR count). The van der Waals surface area contributed by atoms with E-state index in [0.29, 0.717) is 6.42 Å². The zero-order valence-electron chi connectivity index (χ0n) is 14.5. The Balaban J connectivity index is 4.46. The molecule has 0 aromatic rings. The molecule has 0 saturated carbocycles. The molecule has 0 bridgehead atoms. The topological polar surface area (TPSA) is 90.9 Å². The van der Waals surface area contributed by atoms with Gasteiger partial charge in [-0.3, -0.25) is 0 Å². The van der Waals surface area contributed by atoms with Gasteiger partial charge in [0.15, 0.2) is 0 Å². The second kappa shape index (κ2) is 9.86. The number of alkyl carbamates (subject to hydrolysis) is 1. The Hall–Kier alpha value is -2.05. The van der Waals surface area contributed by atoms with E-state index >= 15 is 0 Å². The Morgan fingerprint density at radius 1 is 1.13 bits per heavy atom. The normalized spacial score (nSPS) is 12.3. The van der Waals surface area contributed by atoms with Gasteiger partial charge in [-0.05, 0) is 33.1 Å². The molecule has 0 fully saturated rings. The van der Waals surface area contributed by atoms with Crippen LogP contribution in [0, 0.1) is 5.92 Å². The third kappa shape index (κ3) is 11.2. The van der Waals surface area contributed by atoms with Crippen molar-refractivity contribution >= 4 is 18.0 Å². The van der Waals surface area contributed by atoms with E-state index < -0.39 is 29.7 Å². The molecule has 0 saturated heterocycles. The second-order valence-electron chi connectivity index (χ2n) is 6.37. The Morgan fingerprint density at radius 2 is 1.70 bits per heavy atom. The van der Waals surface area contributed by atoms with E-state index in [1.54, 1.807) is 20.8 Å². The van der Waals surface area contributed by atoms with Crippen molar-refractivity contribution in [2.75, 3.05) is 13.2 Å². The first-order chi connectivity index (χ1) is 10.5. The highest BCUT2D eigenvalue weighted by Crippen LogP contribution is 2.10. The van der Waals surface area contributed by atoms with Crippen molar-refractivity contribution in [2.45, 2.75) is 52.7 Å². The lowest BCUT2D eigenvalue weighted by molar-refractivity contribution is -0.151. The van der Waals surface area contributed by atoms with Gasteiger partial charge >= 0.3 is 18.0 Å². The van der Waals surface area contributed by atoms with Crippen LogP contribution in [0.15, 0.2) is 12.7 Å². The summed E-state index contributed by atoms with van der Waals surface area (Å²) in [6.07, 6.45) is 0.746. The summed E-state index contributed by atoms with van der Waals surface area (Å²) in [5, 5.41) is 2.51. The lowest BCUT2D eigenvalue weighted by Crippen LogP contribution is -2.45. The molecule has 23 heavy (non-hydrogen) atoms. The van der Waals surface area contributed by atoms with E-state index in [4.69, 9.17) is 14.2 Å². The lowest BCUT2D eigenvalue weighted by Gasteiger charge is -2.23. The van der Waals surface area contributed by atoms with Crippen molar-refractivity contribution in [3.05, 3.63) is 12.7 Å². The van der Waals surface area contributed by atoms with Crippen LogP contribution in [0.4, 0.5) is 4.79 Å². The number of esters is 2. The molecule has 0 aliphatic rings. The fraction of sp³-hybridized carbons (Fsp3) is 0.688. The molecule has 1 atom stereocenters. The molecule has 132 valence electrons. The number of ether oxygens (including phenoxy) is 3. The maximum Gasteiger partial charge on any atom is 0.408 e. The van der Waals surface area contributed by atoms with Crippen molar-refractivity contribution in [1.82, 2.24) is 5.32 Å². The largest absolute Gasteiger partial charge is 0.461 e. The Kier molecular flexibility index (Phi) is 8.98. The quantitative estimate of drug-likeness (QED) is 0.318. The average molecular weight is 329 g/mol. The molecular formula is C16H27NO6. The molecule has 0 aromatic heterocycles. The van der Waals surface area contributed by atoms with Crippen LogP contribution >= 0.6 is 0 Å². The van der Waals surface area contributed by atoms with Gasteiger partial charge in [0.25, 0.3) is 0 Å². The monoisotopic (exact) mass is 329 g/mol. The third-order valence-corrected chi connectivity index (χ3v) is 2.42. The molecule has 0 aliphatic carbocycles. The number of rotatable bonds is 8. The summed E-state index contributed by atoms with van der Waals surface area (Å²) in [6, 6.07) is -0.819.